The first kappa shape index (κ1) is 6.62. The molecule has 2 heteroatoms. The lowest BCUT2D eigenvalue weighted by molar-refractivity contribution is 0.436. The van der Waals surface area contributed by atoms with Gasteiger partial charge in [-0.2, -0.15) is 0 Å². The minimum absolute atomic E-state index is 0.669. The van der Waals surface area contributed by atoms with Gasteiger partial charge in [0.1, 0.15) is 0 Å². The zero-order valence-electron chi connectivity index (χ0n) is 6.34. The number of nitrogens with one attached hydrogen (secondary N) is 1. The first-order valence-electron chi connectivity index (χ1n) is 4.34. The summed E-state index contributed by atoms with van der Waals surface area (Å²) in [7, 11) is 0. The van der Waals surface area contributed by atoms with Crippen LogP contribution in [-0.2, 0) is 0 Å². The van der Waals surface area contributed by atoms with Gasteiger partial charge in [-0.15, -0.1) is 0 Å². The number of hydrogen-bond donors (Lipinski definition) is 1. The predicted molar refractivity (Wildman–Crippen MR) is 41.0 cm³/mol. The quantitative estimate of drug-likeness (QED) is 0.515. The zero-order valence-corrected chi connectivity index (χ0v) is 6.34. The Balaban J connectivity index is 1.95. The second-order valence-electron chi connectivity index (χ2n) is 3.37. The molecule has 2 unspecified atom stereocenters. The van der Waals surface area contributed by atoms with E-state index in [1.807, 2.05) is 0 Å². The molecule has 0 spiro atoms. The van der Waals surface area contributed by atoms with Gasteiger partial charge < -0.3 is 5.32 Å². The van der Waals surface area contributed by atoms with E-state index in [1.54, 1.807) is 0 Å². The molecule has 2 atom stereocenters. The first-order chi connectivity index (χ1) is 4.97. The van der Waals surface area contributed by atoms with Crippen LogP contribution in [0.4, 0.5) is 0 Å². The minimum Gasteiger partial charge on any atom is -0.315 e. The highest BCUT2D eigenvalue weighted by Crippen LogP contribution is 2.23. The Kier molecular flexibility index (Phi) is 1.91. The van der Waals surface area contributed by atoms with E-state index in [9.17, 15) is 0 Å². The van der Waals surface area contributed by atoms with Crippen molar-refractivity contribution in [2.75, 3.05) is 19.6 Å². The van der Waals surface area contributed by atoms with Crippen LogP contribution < -0.4 is 10.6 Å². The van der Waals surface area contributed by atoms with Crippen LogP contribution in [0.15, 0.2) is 0 Å². The van der Waals surface area contributed by atoms with Crippen molar-refractivity contribution in [3.63, 3.8) is 0 Å². The van der Waals surface area contributed by atoms with E-state index < -0.39 is 0 Å². The van der Waals surface area contributed by atoms with Gasteiger partial charge in [0.2, 0.25) is 0 Å². The van der Waals surface area contributed by atoms with Gasteiger partial charge in [0, 0.05) is 19.1 Å². The van der Waals surface area contributed by atoms with Crippen molar-refractivity contribution in [3.05, 3.63) is 0 Å². The number of hydrogen-bond acceptors (Lipinski definition) is 1. The highest BCUT2D eigenvalue weighted by molar-refractivity contribution is 4.86. The van der Waals surface area contributed by atoms with Crippen LogP contribution in [0.25, 0.3) is 0 Å². The summed E-state index contributed by atoms with van der Waals surface area (Å²) >= 11 is 0. The molecule has 1 N–H and O–H groups in total. The molecule has 0 amide bonds. The van der Waals surface area contributed by atoms with Gasteiger partial charge in [-0.1, -0.05) is 0 Å². The molecular weight excluding hydrogens is 124 g/mol. The molecule has 2 aliphatic heterocycles. The fourth-order valence-electron chi connectivity index (χ4n) is 2.05. The highest BCUT2D eigenvalue weighted by atomic mass is 15.0. The molecule has 0 saturated carbocycles. The van der Waals surface area contributed by atoms with Crippen LogP contribution in [0.3, 0.4) is 0 Å². The van der Waals surface area contributed by atoms with Crippen molar-refractivity contribution in [2.24, 2.45) is 5.92 Å². The smallest absolute Gasteiger partial charge is 0.0399 e. The topological polar surface area (TPSA) is 26.1 Å². The average Bonchev–Trinajstić information content (AvgIpc) is 2.28. The van der Waals surface area contributed by atoms with E-state index in [2.05, 4.69) is 10.6 Å². The van der Waals surface area contributed by atoms with E-state index in [-0.39, 0.29) is 0 Å². The SMILES string of the molecule is C1CNCC2[N]CCC2C1. The van der Waals surface area contributed by atoms with Gasteiger partial charge in [-0.05, 0) is 31.7 Å². The summed E-state index contributed by atoms with van der Waals surface area (Å²) in [5.74, 6) is 0.926. The Bertz CT molecular complexity index is 102. The summed E-state index contributed by atoms with van der Waals surface area (Å²) in [4.78, 5) is 0. The second-order valence-corrected chi connectivity index (χ2v) is 3.37. The molecule has 1 radical (unpaired) electrons. The molecule has 2 fully saturated rings. The van der Waals surface area contributed by atoms with Gasteiger partial charge in [-0.3, -0.25) is 0 Å². The maximum absolute atomic E-state index is 4.56. The zero-order chi connectivity index (χ0) is 6.81. The van der Waals surface area contributed by atoms with Crippen molar-refractivity contribution in [1.82, 2.24) is 10.6 Å². The average molecular weight is 139 g/mol. The Hall–Kier alpha value is -0.0800. The summed E-state index contributed by atoms with van der Waals surface area (Å²) in [5, 5.41) is 7.98. The normalized spacial score (nSPS) is 40.8. The molecule has 2 aliphatic rings. The van der Waals surface area contributed by atoms with E-state index in [0.717, 1.165) is 19.0 Å². The molecule has 2 saturated heterocycles. The predicted octanol–water partition coefficient (Wildman–Crippen LogP) is 0.363. The van der Waals surface area contributed by atoms with Crippen LogP contribution in [-0.4, -0.2) is 25.7 Å². The van der Waals surface area contributed by atoms with Crippen LogP contribution >= 0.6 is 0 Å². The van der Waals surface area contributed by atoms with Crippen molar-refractivity contribution < 1.29 is 0 Å². The third-order valence-corrected chi connectivity index (χ3v) is 2.69. The summed E-state index contributed by atoms with van der Waals surface area (Å²) < 4.78 is 0. The largest absolute Gasteiger partial charge is 0.315 e. The molecule has 0 aliphatic carbocycles. The molecule has 0 bridgehead atoms. The van der Waals surface area contributed by atoms with Crippen LogP contribution in [0.1, 0.15) is 19.3 Å². The third kappa shape index (κ3) is 1.18. The fourth-order valence-corrected chi connectivity index (χ4v) is 2.05. The maximum Gasteiger partial charge on any atom is 0.0399 e. The Morgan fingerprint density at radius 2 is 2.30 bits per heavy atom. The van der Waals surface area contributed by atoms with E-state index in [4.69, 9.17) is 0 Å². The van der Waals surface area contributed by atoms with Crippen molar-refractivity contribution in [2.45, 2.75) is 25.3 Å². The maximum atomic E-state index is 4.56. The van der Waals surface area contributed by atoms with Gasteiger partial charge in [0.25, 0.3) is 0 Å². The van der Waals surface area contributed by atoms with Crippen molar-refractivity contribution >= 4 is 0 Å². The Labute approximate surface area is 62.4 Å². The minimum atomic E-state index is 0.669. The van der Waals surface area contributed by atoms with E-state index in [1.165, 1.54) is 25.8 Å². The number of nitrogens with zero attached hydrogens (tertiary/aromatic N) is 1. The molecule has 0 aromatic rings. The van der Waals surface area contributed by atoms with Crippen molar-refractivity contribution in [3.8, 4) is 0 Å². The molecule has 2 nitrogen and oxygen atoms in total. The van der Waals surface area contributed by atoms with Crippen LogP contribution in [0.2, 0.25) is 0 Å². The number of rotatable bonds is 0. The lowest BCUT2D eigenvalue weighted by atomic mass is 9.97. The molecule has 0 aromatic heterocycles. The molecule has 2 rings (SSSR count). The van der Waals surface area contributed by atoms with E-state index in [0.29, 0.717) is 6.04 Å². The second kappa shape index (κ2) is 2.89. The standard InChI is InChI=1S/C8H15N2/c1-2-7-3-5-10-8(7)6-9-4-1/h7-9H,1-6H2. The third-order valence-electron chi connectivity index (χ3n) is 2.69. The first-order valence-corrected chi connectivity index (χ1v) is 4.34. The lowest BCUT2D eigenvalue weighted by Gasteiger charge is -2.13. The summed E-state index contributed by atoms with van der Waals surface area (Å²) in [5.41, 5.74) is 0. The molecule has 10 heavy (non-hydrogen) atoms. The molecule has 57 valence electrons. The molecular formula is C8H15N2. The summed E-state index contributed by atoms with van der Waals surface area (Å²) in [6.45, 7) is 3.48. The molecule has 2 heterocycles. The van der Waals surface area contributed by atoms with Crippen molar-refractivity contribution in [1.29, 1.82) is 0 Å². The fraction of sp³-hybridized carbons (Fsp3) is 1.00. The highest BCUT2D eigenvalue weighted by Gasteiger charge is 2.28. The van der Waals surface area contributed by atoms with E-state index >= 15 is 0 Å². The van der Waals surface area contributed by atoms with Gasteiger partial charge >= 0.3 is 0 Å². The van der Waals surface area contributed by atoms with Gasteiger partial charge in [0.15, 0.2) is 0 Å². The van der Waals surface area contributed by atoms with Crippen LogP contribution in [0, 0.1) is 5.92 Å². The Morgan fingerprint density at radius 3 is 3.30 bits per heavy atom. The lowest BCUT2D eigenvalue weighted by Crippen LogP contribution is -2.31. The monoisotopic (exact) mass is 139 g/mol. The van der Waals surface area contributed by atoms with Crippen LogP contribution in [0.5, 0.6) is 0 Å². The Morgan fingerprint density at radius 1 is 1.30 bits per heavy atom. The molecule has 0 aromatic carbocycles. The van der Waals surface area contributed by atoms with Gasteiger partial charge in [0.05, 0.1) is 0 Å². The summed E-state index contributed by atoms with van der Waals surface area (Å²) in [6, 6.07) is 0.669. The van der Waals surface area contributed by atoms with Gasteiger partial charge in [-0.25, -0.2) is 5.32 Å². The summed E-state index contributed by atoms with van der Waals surface area (Å²) in [6.07, 6.45) is 4.12. The number of fused-ring (bicyclic) bond motifs is 1.